The molecule has 1 atom stereocenters. The summed E-state index contributed by atoms with van der Waals surface area (Å²) in [5.74, 6) is -0.369. The summed E-state index contributed by atoms with van der Waals surface area (Å²) in [5.41, 5.74) is 5.35. The largest absolute Gasteiger partial charge is 0.347 e. The number of rotatable bonds is 4. The standard InChI is InChI=1S/C10H19N3O2/c1-8(6-11)10(15)12-7-9(14)13-4-2-3-5-13/h8H,2-7,11H2,1H3,(H,12,15). The molecular weight excluding hydrogens is 194 g/mol. The minimum absolute atomic E-state index is 0.00470. The highest BCUT2D eigenvalue weighted by molar-refractivity contribution is 5.85. The number of carbonyl (C=O) groups excluding carboxylic acids is 2. The predicted octanol–water partition coefficient (Wildman–Crippen LogP) is -0.680. The first kappa shape index (κ1) is 12.0. The molecule has 0 radical (unpaired) electrons. The topological polar surface area (TPSA) is 75.4 Å². The third-order valence-corrected chi connectivity index (χ3v) is 2.67. The van der Waals surface area contributed by atoms with Crippen molar-refractivity contribution in [2.24, 2.45) is 11.7 Å². The molecule has 1 aliphatic rings. The van der Waals surface area contributed by atoms with Crippen LogP contribution in [0.5, 0.6) is 0 Å². The van der Waals surface area contributed by atoms with Crippen molar-refractivity contribution in [3.63, 3.8) is 0 Å². The van der Waals surface area contributed by atoms with E-state index in [1.807, 2.05) is 0 Å². The summed E-state index contributed by atoms with van der Waals surface area (Å²) in [7, 11) is 0. The highest BCUT2D eigenvalue weighted by Crippen LogP contribution is 2.06. The van der Waals surface area contributed by atoms with E-state index in [4.69, 9.17) is 5.73 Å². The van der Waals surface area contributed by atoms with Crippen molar-refractivity contribution in [3.8, 4) is 0 Å². The van der Waals surface area contributed by atoms with Crippen molar-refractivity contribution in [1.29, 1.82) is 0 Å². The minimum Gasteiger partial charge on any atom is -0.347 e. The molecule has 0 saturated carbocycles. The number of hydrogen-bond donors (Lipinski definition) is 2. The van der Waals surface area contributed by atoms with Gasteiger partial charge in [0.25, 0.3) is 0 Å². The number of amides is 2. The van der Waals surface area contributed by atoms with Crippen molar-refractivity contribution in [3.05, 3.63) is 0 Å². The Morgan fingerprint density at radius 2 is 2.00 bits per heavy atom. The molecule has 1 aliphatic heterocycles. The van der Waals surface area contributed by atoms with Gasteiger partial charge in [0.15, 0.2) is 0 Å². The maximum atomic E-state index is 11.5. The second kappa shape index (κ2) is 5.70. The molecule has 0 spiro atoms. The van der Waals surface area contributed by atoms with Crippen LogP contribution in [-0.4, -0.2) is 42.9 Å². The molecule has 5 heteroatoms. The SMILES string of the molecule is CC(CN)C(=O)NCC(=O)N1CCCC1. The number of hydrogen-bond acceptors (Lipinski definition) is 3. The lowest BCUT2D eigenvalue weighted by molar-refractivity contribution is -0.132. The van der Waals surface area contributed by atoms with Crippen LogP contribution >= 0.6 is 0 Å². The summed E-state index contributed by atoms with van der Waals surface area (Å²) in [4.78, 5) is 24.7. The molecule has 0 aromatic heterocycles. The lowest BCUT2D eigenvalue weighted by Gasteiger charge is -2.16. The maximum Gasteiger partial charge on any atom is 0.241 e. The molecule has 1 rings (SSSR count). The Kier molecular flexibility index (Phi) is 4.55. The first-order chi connectivity index (χ1) is 7.15. The molecule has 2 amide bonds. The molecule has 1 fully saturated rings. The van der Waals surface area contributed by atoms with Gasteiger partial charge in [-0.2, -0.15) is 0 Å². The van der Waals surface area contributed by atoms with Gasteiger partial charge in [-0.25, -0.2) is 0 Å². The summed E-state index contributed by atoms with van der Waals surface area (Å²) >= 11 is 0. The lowest BCUT2D eigenvalue weighted by atomic mass is 10.2. The Morgan fingerprint density at radius 3 is 2.53 bits per heavy atom. The van der Waals surface area contributed by atoms with Crippen molar-refractivity contribution in [2.45, 2.75) is 19.8 Å². The zero-order valence-corrected chi connectivity index (χ0v) is 9.16. The quantitative estimate of drug-likeness (QED) is 0.649. The van der Waals surface area contributed by atoms with E-state index in [0.717, 1.165) is 25.9 Å². The van der Waals surface area contributed by atoms with Crippen LogP contribution in [-0.2, 0) is 9.59 Å². The average molecular weight is 213 g/mol. The molecular formula is C10H19N3O2. The van der Waals surface area contributed by atoms with Gasteiger partial charge in [0, 0.05) is 25.6 Å². The van der Waals surface area contributed by atoms with Gasteiger partial charge in [0.2, 0.25) is 11.8 Å². The third kappa shape index (κ3) is 3.51. The molecule has 1 saturated heterocycles. The van der Waals surface area contributed by atoms with Gasteiger partial charge in [-0.05, 0) is 12.8 Å². The fourth-order valence-corrected chi connectivity index (χ4v) is 1.52. The Hall–Kier alpha value is -1.10. The van der Waals surface area contributed by atoms with E-state index in [1.165, 1.54) is 0 Å². The Labute approximate surface area is 90.0 Å². The van der Waals surface area contributed by atoms with Gasteiger partial charge in [-0.15, -0.1) is 0 Å². The molecule has 1 heterocycles. The Bertz CT molecular complexity index is 237. The van der Waals surface area contributed by atoms with Crippen LogP contribution in [0.4, 0.5) is 0 Å². The normalized spacial score (nSPS) is 17.6. The summed E-state index contributed by atoms with van der Waals surface area (Å²) in [5, 5.41) is 2.60. The second-order valence-electron chi connectivity index (χ2n) is 3.94. The highest BCUT2D eigenvalue weighted by Gasteiger charge is 2.19. The summed E-state index contributed by atoms with van der Waals surface area (Å²) in [6.45, 7) is 3.80. The number of nitrogens with zero attached hydrogens (tertiary/aromatic N) is 1. The number of nitrogens with one attached hydrogen (secondary N) is 1. The highest BCUT2D eigenvalue weighted by atomic mass is 16.2. The van der Waals surface area contributed by atoms with E-state index < -0.39 is 0 Å². The minimum atomic E-state index is -0.226. The lowest BCUT2D eigenvalue weighted by Crippen LogP contribution is -2.41. The summed E-state index contributed by atoms with van der Waals surface area (Å²) in [6.07, 6.45) is 2.14. The fraction of sp³-hybridized carbons (Fsp3) is 0.800. The molecule has 0 aliphatic carbocycles. The van der Waals surface area contributed by atoms with Crippen LogP contribution < -0.4 is 11.1 Å². The smallest absolute Gasteiger partial charge is 0.241 e. The zero-order valence-electron chi connectivity index (χ0n) is 9.16. The molecule has 15 heavy (non-hydrogen) atoms. The van der Waals surface area contributed by atoms with Gasteiger partial charge in [-0.3, -0.25) is 9.59 Å². The molecule has 0 aromatic carbocycles. The molecule has 0 bridgehead atoms. The first-order valence-electron chi connectivity index (χ1n) is 5.40. The number of nitrogens with two attached hydrogens (primary N) is 1. The molecule has 0 aromatic rings. The second-order valence-corrected chi connectivity index (χ2v) is 3.94. The number of likely N-dealkylation sites (tertiary alicyclic amines) is 1. The van der Waals surface area contributed by atoms with Gasteiger partial charge in [0.05, 0.1) is 6.54 Å². The van der Waals surface area contributed by atoms with Gasteiger partial charge >= 0.3 is 0 Å². The van der Waals surface area contributed by atoms with Gasteiger partial charge in [-0.1, -0.05) is 6.92 Å². The Morgan fingerprint density at radius 1 is 1.40 bits per heavy atom. The predicted molar refractivity (Wildman–Crippen MR) is 57.0 cm³/mol. The monoisotopic (exact) mass is 213 g/mol. The van der Waals surface area contributed by atoms with Crippen LogP contribution in [0.15, 0.2) is 0 Å². The van der Waals surface area contributed by atoms with E-state index >= 15 is 0 Å². The van der Waals surface area contributed by atoms with Crippen LogP contribution in [0.2, 0.25) is 0 Å². The van der Waals surface area contributed by atoms with Gasteiger partial charge in [0.1, 0.15) is 0 Å². The van der Waals surface area contributed by atoms with Gasteiger partial charge < -0.3 is 16.0 Å². The van der Waals surface area contributed by atoms with Crippen molar-refractivity contribution >= 4 is 11.8 Å². The molecule has 1 unspecified atom stereocenters. The van der Waals surface area contributed by atoms with E-state index in [0.29, 0.717) is 6.54 Å². The maximum absolute atomic E-state index is 11.5. The zero-order chi connectivity index (χ0) is 11.3. The van der Waals surface area contributed by atoms with E-state index in [-0.39, 0.29) is 24.3 Å². The summed E-state index contributed by atoms with van der Waals surface area (Å²) < 4.78 is 0. The first-order valence-corrected chi connectivity index (χ1v) is 5.40. The van der Waals surface area contributed by atoms with E-state index in [9.17, 15) is 9.59 Å². The molecule has 5 nitrogen and oxygen atoms in total. The van der Waals surface area contributed by atoms with E-state index in [2.05, 4.69) is 5.32 Å². The fourth-order valence-electron chi connectivity index (χ4n) is 1.52. The van der Waals surface area contributed by atoms with Crippen molar-refractivity contribution in [1.82, 2.24) is 10.2 Å². The van der Waals surface area contributed by atoms with Crippen LogP contribution in [0.3, 0.4) is 0 Å². The van der Waals surface area contributed by atoms with Crippen LogP contribution in [0.1, 0.15) is 19.8 Å². The Balaban J connectivity index is 2.24. The average Bonchev–Trinajstić information content (AvgIpc) is 2.77. The molecule has 86 valence electrons. The third-order valence-electron chi connectivity index (χ3n) is 2.67. The van der Waals surface area contributed by atoms with Crippen LogP contribution in [0.25, 0.3) is 0 Å². The summed E-state index contributed by atoms with van der Waals surface area (Å²) in [6, 6.07) is 0. The van der Waals surface area contributed by atoms with E-state index in [1.54, 1.807) is 11.8 Å². The van der Waals surface area contributed by atoms with Crippen LogP contribution in [0, 0.1) is 5.92 Å². The van der Waals surface area contributed by atoms with Crippen molar-refractivity contribution in [2.75, 3.05) is 26.2 Å². The number of carbonyl (C=O) groups is 2. The van der Waals surface area contributed by atoms with Crippen molar-refractivity contribution < 1.29 is 9.59 Å². The molecule has 3 N–H and O–H groups in total.